The molecule has 0 unspecified atom stereocenters. The second-order valence-corrected chi connectivity index (χ2v) is 4.88. The van der Waals surface area contributed by atoms with Crippen LogP contribution in [0.2, 0.25) is 0 Å². The highest BCUT2D eigenvalue weighted by atomic mass is 19.1. The van der Waals surface area contributed by atoms with Crippen LogP contribution < -0.4 is 4.90 Å². The standard InChI is InChI=1S/C16H16FNO/c1-11(19)13-6-4-7-14(17)16(13)18-10-9-12-5-2-3-8-15(12)18/h2-8,11,19H,9-10H2,1H3/t11-/m1/s1. The van der Waals surface area contributed by atoms with E-state index >= 15 is 0 Å². The van der Waals surface area contributed by atoms with Gasteiger partial charge in [0.25, 0.3) is 0 Å². The molecule has 0 saturated carbocycles. The van der Waals surface area contributed by atoms with Crippen LogP contribution in [-0.2, 0) is 6.42 Å². The van der Waals surface area contributed by atoms with Gasteiger partial charge in [0.1, 0.15) is 5.82 Å². The topological polar surface area (TPSA) is 23.5 Å². The number of hydrogen-bond donors (Lipinski definition) is 1. The molecule has 0 spiro atoms. The Bertz CT molecular complexity index is 609. The molecule has 2 aromatic carbocycles. The predicted molar refractivity (Wildman–Crippen MR) is 74.2 cm³/mol. The van der Waals surface area contributed by atoms with E-state index < -0.39 is 6.10 Å². The normalized spacial score (nSPS) is 15.4. The van der Waals surface area contributed by atoms with E-state index in [0.717, 1.165) is 18.7 Å². The summed E-state index contributed by atoms with van der Waals surface area (Å²) in [6, 6.07) is 12.9. The van der Waals surface area contributed by atoms with E-state index in [-0.39, 0.29) is 5.82 Å². The molecule has 19 heavy (non-hydrogen) atoms. The molecule has 0 amide bonds. The van der Waals surface area contributed by atoms with E-state index in [1.807, 2.05) is 23.1 Å². The van der Waals surface area contributed by atoms with Gasteiger partial charge in [-0.25, -0.2) is 4.39 Å². The zero-order valence-corrected chi connectivity index (χ0v) is 10.8. The van der Waals surface area contributed by atoms with Gasteiger partial charge in [-0.3, -0.25) is 0 Å². The zero-order valence-electron chi connectivity index (χ0n) is 10.8. The first kappa shape index (κ1) is 12.2. The van der Waals surface area contributed by atoms with E-state index in [4.69, 9.17) is 0 Å². The van der Waals surface area contributed by atoms with E-state index in [1.54, 1.807) is 19.1 Å². The average Bonchev–Trinajstić information content (AvgIpc) is 2.82. The molecule has 3 rings (SSSR count). The molecule has 98 valence electrons. The van der Waals surface area contributed by atoms with Gasteiger partial charge in [-0.05, 0) is 31.0 Å². The number of hydrogen-bond acceptors (Lipinski definition) is 2. The summed E-state index contributed by atoms with van der Waals surface area (Å²) < 4.78 is 14.2. The summed E-state index contributed by atoms with van der Waals surface area (Å²) in [7, 11) is 0. The molecule has 1 heterocycles. The van der Waals surface area contributed by atoms with Crippen LogP contribution in [0.5, 0.6) is 0 Å². The summed E-state index contributed by atoms with van der Waals surface area (Å²) in [5, 5.41) is 9.84. The van der Waals surface area contributed by atoms with Crippen molar-refractivity contribution in [2.45, 2.75) is 19.4 Å². The maximum absolute atomic E-state index is 14.2. The van der Waals surface area contributed by atoms with Crippen LogP contribution in [-0.4, -0.2) is 11.7 Å². The summed E-state index contributed by atoms with van der Waals surface area (Å²) in [6.07, 6.45) is 0.225. The summed E-state index contributed by atoms with van der Waals surface area (Å²) in [5.41, 5.74) is 3.40. The van der Waals surface area contributed by atoms with Crippen molar-refractivity contribution in [2.75, 3.05) is 11.4 Å². The molecule has 1 aliphatic rings. The fourth-order valence-electron chi connectivity index (χ4n) is 2.72. The van der Waals surface area contributed by atoms with Gasteiger partial charge in [-0.2, -0.15) is 0 Å². The fraction of sp³-hybridized carbons (Fsp3) is 0.250. The first-order valence-corrected chi connectivity index (χ1v) is 6.50. The maximum Gasteiger partial charge on any atom is 0.147 e. The average molecular weight is 257 g/mol. The molecule has 1 atom stereocenters. The quantitative estimate of drug-likeness (QED) is 0.889. The Kier molecular flexibility index (Phi) is 2.99. The van der Waals surface area contributed by atoms with Crippen LogP contribution in [0.3, 0.4) is 0 Å². The Morgan fingerprint density at radius 2 is 1.95 bits per heavy atom. The van der Waals surface area contributed by atoms with Crippen molar-refractivity contribution in [3.63, 3.8) is 0 Å². The monoisotopic (exact) mass is 257 g/mol. The molecular formula is C16H16FNO. The number of anilines is 2. The van der Waals surface area contributed by atoms with E-state index in [1.165, 1.54) is 11.6 Å². The highest BCUT2D eigenvalue weighted by Crippen LogP contribution is 2.39. The van der Waals surface area contributed by atoms with Gasteiger partial charge in [0.15, 0.2) is 0 Å². The minimum absolute atomic E-state index is 0.282. The van der Waals surface area contributed by atoms with Gasteiger partial charge in [-0.15, -0.1) is 0 Å². The third kappa shape index (κ3) is 2.00. The van der Waals surface area contributed by atoms with Gasteiger partial charge >= 0.3 is 0 Å². The first-order valence-electron chi connectivity index (χ1n) is 6.50. The van der Waals surface area contributed by atoms with Crippen molar-refractivity contribution in [2.24, 2.45) is 0 Å². The number of benzene rings is 2. The Hall–Kier alpha value is -1.87. The number of aliphatic hydroxyl groups excluding tert-OH is 1. The number of fused-ring (bicyclic) bond motifs is 1. The molecule has 0 bridgehead atoms. The maximum atomic E-state index is 14.2. The highest BCUT2D eigenvalue weighted by Gasteiger charge is 2.25. The van der Waals surface area contributed by atoms with E-state index in [9.17, 15) is 9.50 Å². The number of rotatable bonds is 2. The zero-order chi connectivity index (χ0) is 13.4. The van der Waals surface area contributed by atoms with Gasteiger partial charge in [-0.1, -0.05) is 30.3 Å². The first-order chi connectivity index (χ1) is 9.18. The van der Waals surface area contributed by atoms with Crippen LogP contribution in [0.25, 0.3) is 0 Å². The third-order valence-corrected chi connectivity index (χ3v) is 3.63. The smallest absolute Gasteiger partial charge is 0.147 e. The summed E-state index contributed by atoms with van der Waals surface area (Å²) >= 11 is 0. The molecule has 2 aromatic rings. The van der Waals surface area contributed by atoms with Crippen molar-refractivity contribution in [1.82, 2.24) is 0 Å². The fourth-order valence-corrected chi connectivity index (χ4v) is 2.72. The molecule has 2 nitrogen and oxygen atoms in total. The van der Waals surface area contributed by atoms with Crippen LogP contribution in [0.1, 0.15) is 24.2 Å². The number of halogens is 1. The summed E-state index contributed by atoms with van der Waals surface area (Å²) in [4.78, 5) is 1.96. The Labute approximate surface area is 112 Å². The summed E-state index contributed by atoms with van der Waals surface area (Å²) in [5.74, 6) is -0.282. The lowest BCUT2D eigenvalue weighted by Gasteiger charge is -2.24. The lowest BCUT2D eigenvalue weighted by Crippen LogP contribution is -2.17. The molecule has 1 aliphatic heterocycles. The van der Waals surface area contributed by atoms with Gasteiger partial charge in [0.05, 0.1) is 11.8 Å². The Morgan fingerprint density at radius 3 is 2.74 bits per heavy atom. The van der Waals surface area contributed by atoms with Gasteiger partial charge < -0.3 is 10.0 Å². The largest absolute Gasteiger partial charge is 0.389 e. The molecular weight excluding hydrogens is 241 g/mol. The Morgan fingerprint density at radius 1 is 1.16 bits per heavy atom. The van der Waals surface area contributed by atoms with Crippen molar-refractivity contribution >= 4 is 11.4 Å². The van der Waals surface area contributed by atoms with Crippen LogP contribution >= 0.6 is 0 Å². The summed E-state index contributed by atoms with van der Waals surface area (Å²) in [6.45, 7) is 2.42. The van der Waals surface area contributed by atoms with Crippen LogP contribution in [0, 0.1) is 5.82 Å². The highest BCUT2D eigenvalue weighted by molar-refractivity contribution is 5.72. The van der Waals surface area contributed by atoms with Crippen LogP contribution in [0.15, 0.2) is 42.5 Å². The van der Waals surface area contributed by atoms with Crippen molar-refractivity contribution < 1.29 is 9.50 Å². The Balaban J connectivity index is 2.14. The predicted octanol–water partition coefficient (Wildman–Crippen LogP) is 3.57. The second kappa shape index (κ2) is 4.67. The second-order valence-electron chi connectivity index (χ2n) is 4.88. The lowest BCUT2D eigenvalue weighted by molar-refractivity contribution is 0.199. The van der Waals surface area contributed by atoms with E-state index in [0.29, 0.717) is 11.3 Å². The molecule has 0 radical (unpaired) electrons. The number of para-hydroxylation sites is 2. The molecule has 1 N–H and O–H groups in total. The number of nitrogens with zero attached hydrogens (tertiary/aromatic N) is 1. The SMILES string of the molecule is C[C@@H](O)c1cccc(F)c1N1CCc2ccccc21. The van der Waals surface area contributed by atoms with Gasteiger partial charge in [0.2, 0.25) is 0 Å². The minimum Gasteiger partial charge on any atom is -0.389 e. The minimum atomic E-state index is -0.682. The van der Waals surface area contributed by atoms with E-state index in [2.05, 4.69) is 6.07 Å². The lowest BCUT2D eigenvalue weighted by atomic mass is 10.1. The van der Waals surface area contributed by atoms with Crippen molar-refractivity contribution in [3.05, 3.63) is 59.4 Å². The van der Waals surface area contributed by atoms with Crippen molar-refractivity contribution in [3.8, 4) is 0 Å². The molecule has 0 saturated heterocycles. The van der Waals surface area contributed by atoms with Crippen LogP contribution in [0.4, 0.5) is 15.8 Å². The molecule has 0 aromatic heterocycles. The van der Waals surface area contributed by atoms with Gasteiger partial charge in [0, 0.05) is 17.8 Å². The number of aliphatic hydroxyl groups is 1. The molecule has 0 fully saturated rings. The third-order valence-electron chi connectivity index (χ3n) is 3.63. The molecule has 0 aliphatic carbocycles. The van der Waals surface area contributed by atoms with Crippen molar-refractivity contribution in [1.29, 1.82) is 0 Å². The molecule has 3 heteroatoms.